The van der Waals surface area contributed by atoms with Crippen molar-refractivity contribution in [3.05, 3.63) is 16.4 Å². The summed E-state index contributed by atoms with van der Waals surface area (Å²) in [4.78, 5) is 27.7. The highest BCUT2D eigenvalue weighted by atomic mass is 79.9. The first kappa shape index (κ1) is 35.0. The maximum atomic E-state index is 12.1. The molecule has 1 aromatic rings. The smallest absolute Gasteiger partial charge is 0.410 e. The Bertz CT molecular complexity index is 1270. The van der Waals surface area contributed by atoms with E-state index in [1.165, 1.54) is 12.8 Å². The van der Waals surface area contributed by atoms with Gasteiger partial charge in [-0.3, -0.25) is 8.86 Å². The lowest BCUT2D eigenvalue weighted by atomic mass is 9.60. The first-order chi connectivity index (χ1) is 20.2. The van der Waals surface area contributed by atoms with Gasteiger partial charge in [0.15, 0.2) is 0 Å². The van der Waals surface area contributed by atoms with Crippen molar-refractivity contribution in [3.8, 4) is 0 Å². The predicted molar refractivity (Wildman–Crippen MR) is 171 cm³/mol. The van der Waals surface area contributed by atoms with Crippen molar-refractivity contribution in [2.24, 2.45) is 10.8 Å². The predicted octanol–water partition coefficient (Wildman–Crippen LogP) is 6.45. The second-order valence-electron chi connectivity index (χ2n) is 15.4. The summed E-state index contributed by atoms with van der Waals surface area (Å²) in [5, 5.41) is 4.58. The van der Waals surface area contributed by atoms with Crippen LogP contribution in [0.25, 0.3) is 0 Å². The minimum Gasteiger partial charge on any atom is -0.444 e. The molecule has 0 aromatic carbocycles. The molecule has 2 saturated carbocycles. The molecule has 11 nitrogen and oxygen atoms in total. The molecule has 2 saturated heterocycles. The Labute approximate surface area is 271 Å². The van der Waals surface area contributed by atoms with Crippen LogP contribution in [0.4, 0.5) is 9.59 Å². The number of likely N-dealkylation sites (tertiary alicyclic amines) is 2. The number of rotatable bonds is 3. The molecular weight excluding hydrogens is 652 g/mol. The molecule has 3 heterocycles. The van der Waals surface area contributed by atoms with Gasteiger partial charge in [0.05, 0.1) is 28.6 Å². The third-order valence-corrected chi connectivity index (χ3v) is 10.6. The Morgan fingerprint density at radius 1 is 0.841 bits per heavy atom. The van der Waals surface area contributed by atoms with Crippen LogP contribution in [-0.4, -0.2) is 89.9 Å². The molecule has 4 fully saturated rings. The molecule has 1 aromatic heterocycles. The van der Waals surface area contributed by atoms with Gasteiger partial charge in [0.2, 0.25) is 0 Å². The van der Waals surface area contributed by atoms with Crippen molar-refractivity contribution >= 4 is 38.2 Å². The number of carbonyl (C=O) groups excluding carboxylic acids is 2. The van der Waals surface area contributed by atoms with Crippen molar-refractivity contribution in [1.29, 1.82) is 0 Å². The van der Waals surface area contributed by atoms with Crippen LogP contribution in [0.2, 0.25) is 0 Å². The number of piperidine rings is 2. The van der Waals surface area contributed by atoms with E-state index in [1.54, 1.807) is 4.90 Å². The van der Waals surface area contributed by atoms with Crippen molar-refractivity contribution in [2.75, 3.05) is 32.4 Å². The number of amides is 2. The highest BCUT2D eigenvalue weighted by Crippen LogP contribution is 2.55. The number of aromatic nitrogens is 2. The van der Waals surface area contributed by atoms with E-state index in [1.807, 2.05) is 53.4 Å². The fraction of sp³-hybridized carbons (Fsp3) is 0.839. The molecular formula is C31H51BrN4O7S. The molecule has 250 valence electrons. The summed E-state index contributed by atoms with van der Waals surface area (Å²) in [6.07, 6.45) is 10.3. The summed E-state index contributed by atoms with van der Waals surface area (Å²) in [5.74, 6) is 0. The Hall–Kier alpha value is -1.86. The summed E-state index contributed by atoms with van der Waals surface area (Å²) in [6.45, 7) is 16.3. The number of aryl methyl sites for hydroxylation is 1. The normalized spacial score (nSPS) is 23.3. The molecule has 0 unspecified atom stereocenters. The first-order valence-corrected chi connectivity index (χ1v) is 18.3. The molecule has 13 heteroatoms. The van der Waals surface area contributed by atoms with Crippen molar-refractivity contribution in [1.82, 2.24) is 19.6 Å². The van der Waals surface area contributed by atoms with E-state index in [2.05, 4.69) is 31.9 Å². The van der Waals surface area contributed by atoms with Crippen LogP contribution in [0.1, 0.15) is 105 Å². The monoisotopic (exact) mass is 702 g/mol. The molecule has 0 bridgehead atoms. The third kappa shape index (κ3) is 9.34. The van der Waals surface area contributed by atoms with Crippen molar-refractivity contribution < 1.29 is 31.7 Å². The van der Waals surface area contributed by atoms with Gasteiger partial charge >= 0.3 is 12.2 Å². The summed E-state index contributed by atoms with van der Waals surface area (Å²) >= 11 is 3.53. The molecule has 2 aliphatic carbocycles. The quantitative estimate of drug-likeness (QED) is 0.330. The average molecular weight is 704 g/mol. The number of halogens is 1. The minimum atomic E-state index is -3.37. The van der Waals surface area contributed by atoms with Crippen LogP contribution < -0.4 is 0 Å². The number of nitrogens with zero attached hydrogens (tertiary/aromatic N) is 4. The fourth-order valence-corrected chi connectivity index (χ4v) is 7.71. The van der Waals surface area contributed by atoms with Crippen LogP contribution in [-0.2, 0) is 23.8 Å². The number of hydrogen-bond acceptors (Lipinski definition) is 8. The molecule has 0 N–H and O–H groups in total. The minimum absolute atomic E-state index is 0.147. The number of ether oxygens (including phenoxy) is 2. The lowest BCUT2D eigenvalue weighted by Crippen LogP contribution is -2.52. The van der Waals surface area contributed by atoms with E-state index >= 15 is 0 Å². The molecule has 2 amide bonds. The van der Waals surface area contributed by atoms with Gasteiger partial charge < -0.3 is 19.3 Å². The van der Waals surface area contributed by atoms with Gasteiger partial charge in [-0.05, 0) is 127 Å². The van der Waals surface area contributed by atoms with E-state index < -0.39 is 21.3 Å². The Kier molecular flexibility index (Phi) is 10.1. The zero-order chi connectivity index (χ0) is 32.7. The average Bonchev–Trinajstić information content (AvgIpc) is 3.17. The van der Waals surface area contributed by atoms with Gasteiger partial charge in [-0.25, -0.2) is 9.59 Å². The van der Waals surface area contributed by atoms with Crippen LogP contribution in [0.3, 0.4) is 0 Å². The maximum Gasteiger partial charge on any atom is 0.410 e. The topological polar surface area (TPSA) is 120 Å². The number of carbonyl (C=O) groups is 2. The van der Waals surface area contributed by atoms with Gasteiger partial charge in [-0.15, -0.1) is 0 Å². The lowest BCUT2D eigenvalue weighted by molar-refractivity contribution is -0.0556. The largest absolute Gasteiger partial charge is 0.444 e. The van der Waals surface area contributed by atoms with Gasteiger partial charge in [0.1, 0.15) is 11.2 Å². The fourth-order valence-electron chi connectivity index (χ4n) is 6.79. The van der Waals surface area contributed by atoms with Crippen molar-refractivity contribution in [2.45, 2.75) is 123 Å². The molecule has 0 atom stereocenters. The maximum absolute atomic E-state index is 12.1. The lowest BCUT2D eigenvalue weighted by Gasteiger charge is -2.52. The zero-order valence-electron chi connectivity index (χ0n) is 27.7. The van der Waals surface area contributed by atoms with Crippen LogP contribution in [0.5, 0.6) is 0 Å². The summed E-state index contributed by atoms with van der Waals surface area (Å²) < 4.78 is 41.2. The highest BCUT2D eigenvalue weighted by molar-refractivity contribution is 9.10. The molecule has 0 radical (unpaired) electrons. The van der Waals surface area contributed by atoms with E-state index in [9.17, 15) is 18.0 Å². The summed E-state index contributed by atoms with van der Waals surface area (Å²) in [7, 11) is -3.37. The second-order valence-corrected chi connectivity index (χ2v) is 17.8. The van der Waals surface area contributed by atoms with Gasteiger partial charge in [0.25, 0.3) is 10.1 Å². The molecule has 2 spiro atoms. The van der Waals surface area contributed by atoms with E-state index in [0.29, 0.717) is 24.5 Å². The zero-order valence-corrected chi connectivity index (χ0v) is 30.1. The van der Waals surface area contributed by atoms with E-state index in [4.69, 9.17) is 13.7 Å². The molecule has 5 rings (SSSR count). The Morgan fingerprint density at radius 3 is 1.59 bits per heavy atom. The molecule has 44 heavy (non-hydrogen) atoms. The van der Waals surface area contributed by atoms with Crippen molar-refractivity contribution in [3.63, 3.8) is 0 Å². The third-order valence-electron chi connectivity index (χ3n) is 9.15. The number of hydrogen-bond donors (Lipinski definition) is 0. The van der Waals surface area contributed by atoms with E-state index in [-0.39, 0.29) is 23.7 Å². The second kappa shape index (κ2) is 12.7. The summed E-state index contributed by atoms with van der Waals surface area (Å²) in [6, 6.07) is 0.507. The van der Waals surface area contributed by atoms with Gasteiger partial charge in [-0.1, -0.05) is 0 Å². The van der Waals surface area contributed by atoms with E-state index in [0.717, 1.165) is 68.0 Å². The Morgan fingerprint density at radius 2 is 1.25 bits per heavy atom. The Balaban J connectivity index is 0.000000202. The SMILES string of the molecule is CC(C)(C)OC(=O)N1CCC2(CC1)CC(OS(C)(=O)=O)C2.Cc1nn(C2CC3(CCN(C(=O)OC(C)(C)C)CC3)C2)cc1Br. The molecule has 4 aliphatic rings. The van der Waals surface area contributed by atoms with Gasteiger partial charge in [-0.2, -0.15) is 13.5 Å². The van der Waals surface area contributed by atoms with Crippen LogP contribution >= 0.6 is 15.9 Å². The van der Waals surface area contributed by atoms with Gasteiger partial charge in [0, 0.05) is 32.4 Å². The first-order valence-electron chi connectivity index (χ1n) is 15.7. The van der Waals surface area contributed by atoms with Crippen LogP contribution in [0.15, 0.2) is 10.7 Å². The van der Waals surface area contributed by atoms with Crippen LogP contribution in [0, 0.1) is 17.8 Å². The highest BCUT2D eigenvalue weighted by Gasteiger charge is 2.49. The molecule has 2 aliphatic heterocycles. The summed E-state index contributed by atoms with van der Waals surface area (Å²) in [5.41, 5.74) is 0.699. The standard InChI is InChI=1S/C17H26BrN3O2.C14H25NO5S/c1-12-14(18)11-21(19-12)13-9-17(10-13)5-7-20(8-6-17)15(22)23-16(2,3)4;1-13(2,3)19-12(16)15-7-5-14(6-8-15)9-11(10-14)20-21(4,17)18/h11,13H,5-10H2,1-4H3;11H,5-10H2,1-4H3.